The molecule has 0 fully saturated rings. The molecule has 0 aliphatic carbocycles. The van der Waals surface area contributed by atoms with Crippen molar-refractivity contribution in [2.45, 2.75) is 12.5 Å². The molecule has 0 radical (unpaired) electrons. The third-order valence-electron chi connectivity index (χ3n) is 3.57. The summed E-state index contributed by atoms with van der Waals surface area (Å²) in [6.07, 6.45) is -0.233. The van der Waals surface area contributed by atoms with Crippen molar-refractivity contribution in [3.05, 3.63) is 59.9 Å². The molecule has 0 saturated carbocycles. The van der Waals surface area contributed by atoms with E-state index in [2.05, 4.69) is 16.0 Å². The van der Waals surface area contributed by atoms with Crippen molar-refractivity contribution < 1.29 is 18.8 Å². The van der Waals surface area contributed by atoms with Gasteiger partial charge in [0, 0.05) is 5.69 Å². The summed E-state index contributed by atoms with van der Waals surface area (Å²) in [6, 6.07) is 10.9. The first kappa shape index (κ1) is 15.7. The number of para-hydroxylation sites is 1. The van der Waals surface area contributed by atoms with Crippen LogP contribution in [-0.2, 0) is 9.59 Å². The highest BCUT2D eigenvalue weighted by Crippen LogP contribution is 2.19. The standard InChI is InChI=1S/C17H14FN3O3/c18-10-5-7-11(8-6-10)19-15(22)9-14-17(24)20-13-4-2-1-3-12(13)16(23)21-14/h1-8,14H,9H2,(H,19,22)(H,20,24)(H,21,23)/t14-/m0/s1. The van der Waals surface area contributed by atoms with Gasteiger partial charge in [-0.25, -0.2) is 4.39 Å². The molecule has 0 unspecified atom stereocenters. The fraction of sp³-hybridized carbons (Fsp3) is 0.118. The van der Waals surface area contributed by atoms with E-state index >= 15 is 0 Å². The maximum Gasteiger partial charge on any atom is 0.254 e. The highest BCUT2D eigenvalue weighted by Gasteiger charge is 2.29. The lowest BCUT2D eigenvalue weighted by molar-refractivity contribution is -0.122. The maximum atomic E-state index is 12.9. The number of rotatable bonds is 3. The van der Waals surface area contributed by atoms with Crippen LogP contribution in [0, 0.1) is 5.82 Å². The molecule has 24 heavy (non-hydrogen) atoms. The lowest BCUT2D eigenvalue weighted by atomic mass is 10.1. The number of carbonyl (C=O) groups excluding carboxylic acids is 3. The second-order valence-corrected chi connectivity index (χ2v) is 5.32. The highest BCUT2D eigenvalue weighted by molar-refractivity contribution is 6.11. The van der Waals surface area contributed by atoms with Crippen LogP contribution in [0.3, 0.4) is 0 Å². The summed E-state index contributed by atoms with van der Waals surface area (Å²) in [5.74, 6) is -1.78. The predicted molar refractivity (Wildman–Crippen MR) is 86.0 cm³/mol. The Morgan fingerprint density at radius 1 is 1.08 bits per heavy atom. The summed E-state index contributed by atoms with van der Waals surface area (Å²) in [6.45, 7) is 0. The van der Waals surface area contributed by atoms with Gasteiger partial charge in [0.1, 0.15) is 11.9 Å². The average molecular weight is 327 g/mol. The third kappa shape index (κ3) is 3.40. The zero-order valence-corrected chi connectivity index (χ0v) is 12.5. The number of amides is 3. The van der Waals surface area contributed by atoms with E-state index in [0.29, 0.717) is 16.9 Å². The Bertz CT molecular complexity index is 805. The van der Waals surface area contributed by atoms with Gasteiger partial charge in [0.05, 0.1) is 17.7 Å². The average Bonchev–Trinajstić information content (AvgIpc) is 2.67. The molecule has 1 atom stereocenters. The summed E-state index contributed by atoms with van der Waals surface area (Å²) in [4.78, 5) is 36.4. The maximum absolute atomic E-state index is 12.9. The van der Waals surface area contributed by atoms with Crippen LogP contribution in [0.25, 0.3) is 0 Å². The molecular weight excluding hydrogens is 313 g/mol. The Morgan fingerprint density at radius 2 is 1.79 bits per heavy atom. The predicted octanol–water partition coefficient (Wildman–Crippen LogP) is 1.90. The van der Waals surface area contributed by atoms with Crippen LogP contribution in [0.5, 0.6) is 0 Å². The molecule has 0 aromatic heterocycles. The Balaban J connectivity index is 1.69. The van der Waals surface area contributed by atoms with E-state index in [9.17, 15) is 18.8 Å². The molecule has 2 aromatic carbocycles. The first-order valence-corrected chi connectivity index (χ1v) is 7.29. The van der Waals surface area contributed by atoms with Crippen LogP contribution in [0.1, 0.15) is 16.8 Å². The zero-order chi connectivity index (χ0) is 17.1. The molecule has 1 heterocycles. The Labute approximate surface area is 137 Å². The molecule has 122 valence electrons. The van der Waals surface area contributed by atoms with Gasteiger partial charge in [-0.2, -0.15) is 0 Å². The quantitative estimate of drug-likeness (QED) is 0.805. The minimum Gasteiger partial charge on any atom is -0.340 e. The number of hydrogen-bond acceptors (Lipinski definition) is 3. The second-order valence-electron chi connectivity index (χ2n) is 5.32. The van der Waals surface area contributed by atoms with Crippen LogP contribution >= 0.6 is 0 Å². The lowest BCUT2D eigenvalue weighted by Crippen LogP contribution is -2.43. The van der Waals surface area contributed by atoms with Crippen molar-refractivity contribution >= 4 is 29.1 Å². The molecule has 0 spiro atoms. The molecule has 7 heteroatoms. The smallest absolute Gasteiger partial charge is 0.254 e. The first-order chi connectivity index (χ1) is 11.5. The molecule has 1 aliphatic heterocycles. The SMILES string of the molecule is O=C(C[C@@H]1NC(=O)c2ccccc2NC1=O)Nc1ccc(F)cc1. The number of halogens is 1. The van der Waals surface area contributed by atoms with E-state index < -0.39 is 29.6 Å². The first-order valence-electron chi connectivity index (χ1n) is 7.29. The largest absolute Gasteiger partial charge is 0.340 e. The second kappa shape index (κ2) is 6.49. The van der Waals surface area contributed by atoms with E-state index in [0.717, 1.165) is 0 Å². The minimum atomic E-state index is -0.995. The fourth-order valence-electron chi connectivity index (χ4n) is 2.39. The van der Waals surface area contributed by atoms with Crippen LogP contribution in [-0.4, -0.2) is 23.8 Å². The Morgan fingerprint density at radius 3 is 2.54 bits per heavy atom. The number of fused-ring (bicyclic) bond motifs is 1. The van der Waals surface area contributed by atoms with E-state index in [1.807, 2.05) is 0 Å². The number of benzene rings is 2. The van der Waals surface area contributed by atoms with Gasteiger partial charge in [-0.3, -0.25) is 14.4 Å². The van der Waals surface area contributed by atoms with Crippen LogP contribution in [0.2, 0.25) is 0 Å². The lowest BCUT2D eigenvalue weighted by Gasteiger charge is -2.14. The normalized spacial score (nSPS) is 16.5. The molecule has 1 aliphatic rings. The topological polar surface area (TPSA) is 87.3 Å². The molecule has 3 N–H and O–H groups in total. The van der Waals surface area contributed by atoms with Crippen LogP contribution in [0.15, 0.2) is 48.5 Å². The molecule has 3 rings (SSSR count). The van der Waals surface area contributed by atoms with Crippen molar-refractivity contribution in [2.24, 2.45) is 0 Å². The van der Waals surface area contributed by atoms with E-state index in [-0.39, 0.29) is 6.42 Å². The van der Waals surface area contributed by atoms with Gasteiger partial charge >= 0.3 is 0 Å². The monoisotopic (exact) mass is 327 g/mol. The van der Waals surface area contributed by atoms with Gasteiger partial charge in [0.25, 0.3) is 5.91 Å². The van der Waals surface area contributed by atoms with E-state index in [4.69, 9.17) is 0 Å². The number of anilines is 2. The van der Waals surface area contributed by atoms with Crippen molar-refractivity contribution in [2.75, 3.05) is 10.6 Å². The molecule has 3 amide bonds. The minimum absolute atomic E-state index is 0.233. The van der Waals surface area contributed by atoms with Crippen molar-refractivity contribution in [3.8, 4) is 0 Å². The molecule has 0 saturated heterocycles. The molecule has 2 aromatic rings. The van der Waals surface area contributed by atoms with Gasteiger partial charge < -0.3 is 16.0 Å². The van der Waals surface area contributed by atoms with Crippen molar-refractivity contribution in [1.29, 1.82) is 0 Å². The summed E-state index contributed by atoms with van der Waals surface area (Å²) in [5.41, 5.74) is 1.15. The Kier molecular flexibility index (Phi) is 4.24. The molecule has 0 bridgehead atoms. The van der Waals surface area contributed by atoms with Crippen molar-refractivity contribution in [1.82, 2.24) is 5.32 Å². The summed E-state index contributed by atoms with van der Waals surface area (Å²) in [7, 11) is 0. The fourth-order valence-corrected chi connectivity index (χ4v) is 2.39. The van der Waals surface area contributed by atoms with Crippen molar-refractivity contribution in [3.63, 3.8) is 0 Å². The van der Waals surface area contributed by atoms with Crippen LogP contribution in [0.4, 0.5) is 15.8 Å². The number of carbonyl (C=O) groups is 3. The zero-order valence-electron chi connectivity index (χ0n) is 12.5. The van der Waals surface area contributed by atoms with Gasteiger partial charge in [-0.1, -0.05) is 12.1 Å². The Hall–Kier alpha value is -3.22. The van der Waals surface area contributed by atoms with Gasteiger partial charge in [-0.15, -0.1) is 0 Å². The molecule has 6 nitrogen and oxygen atoms in total. The third-order valence-corrected chi connectivity index (χ3v) is 3.57. The van der Waals surface area contributed by atoms with Gasteiger partial charge in [-0.05, 0) is 36.4 Å². The number of nitrogens with one attached hydrogen (secondary N) is 3. The molecular formula is C17H14FN3O3. The van der Waals surface area contributed by atoms with E-state index in [1.165, 1.54) is 24.3 Å². The highest BCUT2D eigenvalue weighted by atomic mass is 19.1. The summed E-state index contributed by atoms with van der Waals surface area (Å²) < 4.78 is 12.9. The van der Waals surface area contributed by atoms with Crippen LogP contribution < -0.4 is 16.0 Å². The summed E-state index contributed by atoms with van der Waals surface area (Å²) in [5, 5.41) is 7.72. The van der Waals surface area contributed by atoms with Gasteiger partial charge in [0.15, 0.2) is 0 Å². The number of hydrogen-bond donors (Lipinski definition) is 3. The van der Waals surface area contributed by atoms with Gasteiger partial charge in [0.2, 0.25) is 11.8 Å². The summed E-state index contributed by atoms with van der Waals surface area (Å²) >= 11 is 0. The van der Waals surface area contributed by atoms with E-state index in [1.54, 1.807) is 24.3 Å².